The van der Waals surface area contributed by atoms with Gasteiger partial charge in [-0.3, -0.25) is 9.59 Å². The molecule has 1 atom stereocenters. The quantitative estimate of drug-likeness (QED) is 0.840. The molecule has 0 saturated heterocycles. The molecule has 1 unspecified atom stereocenters. The van der Waals surface area contributed by atoms with Crippen LogP contribution in [-0.2, 0) is 4.79 Å². The van der Waals surface area contributed by atoms with Gasteiger partial charge in [0.2, 0.25) is 0 Å². The standard InChI is InChI=1S/C12H12N2O3/c1-2-7(12(16)17)10-13-9-6-4-3-5-8(9)11(15)14-10/h3-7H,2H2,1H3,(H,16,17)(H,13,14,15). The number of rotatable bonds is 3. The van der Waals surface area contributed by atoms with Crippen molar-refractivity contribution in [2.75, 3.05) is 0 Å². The molecule has 1 aromatic heterocycles. The van der Waals surface area contributed by atoms with Gasteiger partial charge in [-0.15, -0.1) is 0 Å². The van der Waals surface area contributed by atoms with Crippen LogP contribution in [0, 0.1) is 0 Å². The van der Waals surface area contributed by atoms with E-state index in [1.807, 2.05) is 0 Å². The van der Waals surface area contributed by atoms with Crippen molar-refractivity contribution in [3.63, 3.8) is 0 Å². The summed E-state index contributed by atoms with van der Waals surface area (Å²) in [6.07, 6.45) is 0.386. The number of nitrogens with one attached hydrogen (secondary N) is 1. The van der Waals surface area contributed by atoms with Gasteiger partial charge in [0.15, 0.2) is 0 Å². The lowest BCUT2D eigenvalue weighted by atomic mass is 10.1. The molecule has 1 heterocycles. The number of carboxylic acid groups (broad SMARTS) is 1. The Balaban J connectivity index is 2.64. The summed E-state index contributed by atoms with van der Waals surface area (Å²) in [4.78, 5) is 29.5. The molecule has 88 valence electrons. The lowest BCUT2D eigenvalue weighted by Crippen LogP contribution is -2.19. The Labute approximate surface area is 97.1 Å². The predicted molar refractivity (Wildman–Crippen MR) is 63.0 cm³/mol. The molecule has 0 fully saturated rings. The Morgan fingerprint density at radius 2 is 2.18 bits per heavy atom. The molecular formula is C12H12N2O3. The van der Waals surface area contributed by atoms with Gasteiger partial charge in [0.1, 0.15) is 11.7 Å². The van der Waals surface area contributed by atoms with Gasteiger partial charge >= 0.3 is 5.97 Å². The number of carbonyl (C=O) groups is 1. The van der Waals surface area contributed by atoms with Crippen molar-refractivity contribution in [3.05, 3.63) is 40.4 Å². The Morgan fingerprint density at radius 1 is 1.47 bits per heavy atom. The molecule has 17 heavy (non-hydrogen) atoms. The average Bonchev–Trinajstić information content (AvgIpc) is 2.29. The monoisotopic (exact) mass is 232 g/mol. The highest BCUT2D eigenvalue weighted by Gasteiger charge is 2.20. The Hall–Kier alpha value is -2.17. The van der Waals surface area contributed by atoms with Gasteiger partial charge < -0.3 is 10.1 Å². The Morgan fingerprint density at radius 3 is 2.82 bits per heavy atom. The molecule has 0 amide bonds. The van der Waals surface area contributed by atoms with Crippen molar-refractivity contribution < 1.29 is 9.90 Å². The van der Waals surface area contributed by atoms with E-state index in [0.29, 0.717) is 17.3 Å². The molecule has 1 aromatic carbocycles. The van der Waals surface area contributed by atoms with Crippen molar-refractivity contribution in [2.45, 2.75) is 19.3 Å². The number of benzene rings is 1. The van der Waals surface area contributed by atoms with Gasteiger partial charge in [0.25, 0.3) is 5.56 Å². The first-order valence-electron chi connectivity index (χ1n) is 5.35. The number of hydrogen-bond donors (Lipinski definition) is 2. The molecule has 0 aliphatic rings. The van der Waals surface area contributed by atoms with Crippen molar-refractivity contribution in [1.82, 2.24) is 9.97 Å². The highest BCUT2D eigenvalue weighted by atomic mass is 16.4. The molecule has 0 spiro atoms. The zero-order valence-electron chi connectivity index (χ0n) is 9.30. The summed E-state index contributed by atoms with van der Waals surface area (Å²) in [6, 6.07) is 6.86. The number of para-hydroxylation sites is 1. The lowest BCUT2D eigenvalue weighted by Gasteiger charge is -2.09. The SMILES string of the molecule is CCC(C(=O)O)c1nc2ccccc2c(=O)[nH]1. The number of fused-ring (bicyclic) bond motifs is 1. The summed E-state index contributed by atoms with van der Waals surface area (Å²) in [5.41, 5.74) is 0.219. The molecule has 2 aromatic rings. The van der Waals surface area contributed by atoms with Crippen LogP contribution in [0.25, 0.3) is 10.9 Å². The summed E-state index contributed by atoms with van der Waals surface area (Å²) in [6.45, 7) is 1.74. The zero-order chi connectivity index (χ0) is 12.4. The average molecular weight is 232 g/mol. The molecule has 0 aliphatic heterocycles. The van der Waals surface area contributed by atoms with Crippen molar-refractivity contribution in [2.24, 2.45) is 0 Å². The molecule has 5 nitrogen and oxygen atoms in total. The maximum atomic E-state index is 11.8. The highest BCUT2D eigenvalue weighted by Crippen LogP contribution is 2.16. The van der Waals surface area contributed by atoms with Gasteiger partial charge in [0.05, 0.1) is 10.9 Å². The summed E-state index contributed by atoms with van der Waals surface area (Å²) in [5, 5.41) is 9.50. The van der Waals surface area contributed by atoms with E-state index in [0.717, 1.165) is 0 Å². The first kappa shape index (κ1) is 11.3. The summed E-state index contributed by atoms with van der Waals surface area (Å²) >= 11 is 0. The maximum Gasteiger partial charge on any atom is 0.314 e. The molecule has 2 N–H and O–H groups in total. The van der Waals surface area contributed by atoms with Crippen LogP contribution in [0.2, 0.25) is 0 Å². The van der Waals surface area contributed by atoms with Gasteiger partial charge in [0, 0.05) is 0 Å². The van der Waals surface area contributed by atoms with E-state index in [9.17, 15) is 9.59 Å². The number of hydrogen-bond acceptors (Lipinski definition) is 3. The van der Waals surface area contributed by atoms with Crippen LogP contribution in [0.15, 0.2) is 29.1 Å². The minimum absolute atomic E-state index is 0.212. The third kappa shape index (κ3) is 2.04. The van der Waals surface area contributed by atoms with Crippen LogP contribution in [0.5, 0.6) is 0 Å². The molecule has 0 saturated carbocycles. The molecule has 0 radical (unpaired) electrons. The first-order valence-corrected chi connectivity index (χ1v) is 5.35. The number of aromatic amines is 1. The van der Waals surface area contributed by atoms with E-state index >= 15 is 0 Å². The minimum Gasteiger partial charge on any atom is -0.481 e. The molecule has 5 heteroatoms. The first-order chi connectivity index (χ1) is 8.13. The summed E-state index contributed by atoms with van der Waals surface area (Å²) in [7, 11) is 0. The van der Waals surface area contributed by atoms with Crippen LogP contribution < -0.4 is 5.56 Å². The number of aromatic nitrogens is 2. The fourth-order valence-corrected chi connectivity index (χ4v) is 1.75. The lowest BCUT2D eigenvalue weighted by molar-refractivity contribution is -0.139. The van der Waals surface area contributed by atoms with Crippen molar-refractivity contribution in [1.29, 1.82) is 0 Å². The largest absolute Gasteiger partial charge is 0.481 e. The van der Waals surface area contributed by atoms with E-state index in [1.165, 1.54) is 0 Å². The summed E-state index contributed by atoms with van der Waals surface area (Å²) < 4.78 is 0. The molecule has 0 aliphatic carbocycles. The number of carboxylic acids is 1. The van der Waals surface area contributed by atoms with Crippen LogP contribution in [0.4, 0.5) is 0 Å². The predicted octanol–water partition coefficient (Wildman–Crippen LogP) is 1.50. The fraction of sp³-hybridized carbons (Fsp3) is 0.250. The van der Waals surface area contributed by atoms with E-state index in [-0.39, 0.29) is 11.4 Å². The Kier molecular flexibility index (Phi) is 2.91. The number of H-pyrrole nitrogens is 1. The second-order valence-corrected chi connectivity index (χ2v) is 3.77. The van der Waals surface area contributed by atoms with E-state index in [2.05, 4.69) is 9.97 Å². The van der Waals surface area contributed by atoms with Crippen LogP contribution in [0.1, 0.15) is 25.1 Å². The molecular weight excluding hydrogens is 220 g/mol. The topological polar surface area (TPSA) is 83.0 Å². The second-order valence-electron chi connectivity index (χ2n) is 3.77. The third-order valence-corrected chi connectivity index (χ3v) is 2.67. The van der Waals surface area contributed by atoms with E-state index < -0.39 is 11.9 Å². The van der Waals surface area contributed by atoms with E-state index in [4.69, 9.17) is 5.11 Å². The highest BCUT2D eigenvalue weighted by molar-refractivity contribution is 5.79. The maximum absolute atomic E-state index is 11.8. The minimum atomic E-state index is -0.981. The molecule has 0 bridgehead atoms. The normalized spacial score (nSPS) is 12.5. The Bertz CT molecular complexity index is 618. The van der Waals surface area contributed by atoms with Crippen LogP contribution >= 0.6 is 0 Å². The van der Waals surface area contributed by atoms with E-state index in [1.54, 1.807) is 31.2 Å². The summed E-state index contributed by atoms with van der Waals surface area (Å²) in [5.74, 6) is -1.54. The van der Waals surface area contributed by atoms with Gasteiger partial charge in [-0.2, -0.15) is 0 Å². The zero-order valence-corrected chi connectivity index (χ0v) is 9.30. The smallest absolute Gasteiger partial charge is 0.314 e. The molecule has 2 rings (SSSR count). The fourth-order valence-electron chi connectivity index (χ4n) is 1.75. The van der Waals surface area contributed by atoms with Crippen LogP contribution in [0.3, 0.4) is 0 Å². The van der Waals surface area contributed by atoms with Gasteiger partial charge in [-0.05, 0) is 18.6 Å². The van der Waals surface area contributed by atoms with Gasteiger partial charge in [-0.1, -0.05) is 19.1 Å². The third-order valence-electron chi connectivity index (χ3n) is 2.67. The van der Waals surface area contributed by atoms with Crippen molar-refractivity contribution >= 4 is 16.9 Å². The second kappa shape index (κ2) is 4.37. The number of aliphatic carboxylic acids is 1. The number of nitrogens with zero attached hydrogens (tertiary/aromatic N) is 1. The van der Waals surface area contributed by atoms with Crippen molar-refractivity contribution in [3.8, 4) is 0 Å². The van der Waals surface area contributed by atoms with Crippen LogP contribution in [-0.4, -0.2) is 21.0 Å². The van der Waals surface area contributed by atoms with Gasteiger partial charge in [-0.25, -0.2) is 4.98 Å².